The number of para-hydroxylation sites is 1. The normalized spacial score (nSPS) is 28.4. The Balaban J connectivity index is 1.30. The van der Waals surface area contributed by atoms with Gasteiger partial charge in [0.2, 0.25) is 17.7 Å². The number of nitrogens with one attached hydrogen (secondary N) is 3. The Labute approximate surface area is 237 Å². The molecule has 4 heterocycles. The average Bonchev–Trinajstić information content (AvgIpc) is 3.56. The average molecular weight is 572 g/mol. The summed E-state index contributed by atoms with van der Waals surface area (Å²) in [5.74, 6) is -1.42. The van der Waals surface area contributed by atoms with Gasteiger partial charge >= 0.3 is 0 Å². The number of amides is 3. The number of rotatable bonds is 7. The Morgan fingerprint density at radius 1 is 1.05 bits per heavy atom. The smallest absolute Gasteiger partial charge is 0.243 e. The van der Waals surface area contributed by atoms with Gasteiger partial charge in [-0.25, -0.2) is 4.68 Å². The molecule has 5 atom stereocenters. The zero-order chi connectivity index (χ0) is 28.8. The molecule has 3 fully saturated rings. The topological polar surface area (TPSA) is 180 Å². The van der Waals surface area contributed by atoms with Crippen LogP contribution < -0.4 is 16.0 Å². The zero-order valence-corrected chi connectivity index (χ0v) is 22.7. The number of hydrogen-bond donors (Lipinski definition) is 5. The van der Waals surface area contributed by atoms with E-state index in [1.807, 2.05) is 30.3 Å². The highest BCUT2D eigenvalue weighted by molar-refractivity contribution is 5.90. The third kappa shape index (κ3) is 7.45. The molecule has 0 spiro atoms. The summed E-state index contributed by atoms with van der Waals surface area (Å²) in [7, 11) is 0. The van der Waals surface area contributed by atoms with Crippen LogP contribution in [0.25, 0.3) is 5.69 Å². The predicted molar refractivity (Wildman–Crippen MR) is 144 cm³/mol. The van der Waals surface area contributed by atoms with Gasteiger partial charge in [0, 0.05) is 45.3 Å². The summed E-state index contributed by atoms with van der Waals surface area (Å²) in [4.78, 5) is 41.1. The standard InChI is InChI=1S/C27H37N7O7/c35-23-16-33(9-8-28-17-6-10-40-11-7-17)24(36)13-21-25(37)26(38)22(41-21)14-29-27(39)20(30-23)12-18-15-34(32-31-18)19-4-2-1-3-5-19/h1-5,15,17,20-22,25-26,28,37-38H,6-14,16H2,(H,29,39)(H,30,35)/t20-,21+,22-,25+,26-/m1/s1. The van der Waals surface area contributed by atoms with Gasteiger partial charge in [0.15, 0.2) is 0 Å². The SMILES string of the molecule is O=C1CN(CCNC2CCOCC2)C(=O)C[C@@H]2O[C@H](CNC(=O)[C@@H](Cc3cn(-c4ccccc4)nn3)N1)[C@@H](O)[C@H]2O. The van der Waals surface area contributed by atoms with E-state index in [1.54, 1.807) is 10.9 Å². The molecule has 3 amide bonds. The molecule has 5 rings (SSSR count). The van der Waals surface area contributed by atoms with Crippen LogP contribution in [0.2, 0.25) is 0 Å². The number of carbonyl (C=O) groups is 3. The van der Waals surface area contributed by atoms with E-state index in [1.165, 1.54) is 4.90 Å². The first-order chi connectivity index (χ1) is 19.9. The maximum atomic E-state index is 13.3. The van der Waals surface area contributed by atoms with Crippen LogP contribution in [0.5, 0.6) is 0 Å². The van der Waals surface area contributed by atoms with Crippen molar-refractivity contribution in [1.82, 2.24) is 35.8 Å². The summed E-state index contributed by atoms with van der Waals surface area (Å²) in [5, 5.41) is 38.2. The van der Waals surface area contributed by atoms with Gasteiger partial charge < -0.3 is 40.5 Å². The maximum absolute atomic E-state index is 13.3. The summed E-state index contributed by atoms with van der Waals surface area (Å²) in [6.45, 7) is 1.64. The third-order valence-corrected chi connectivity index (χ3v) is 7.66. The minimum atomic E-state index is -1.30. The molecule has 5 N–H and O–H groups in total. The van der Waals surface area contributed by atoms with E-state index >= 15 is 0 Å². The lowest BCUT2D eigenvalue weighted by Gasteiger charge is -2.28. The molecule has 0 aliphatic carbocycles. The van der Waals surface area contributed by atoms with E-state index in [2.05, 4.69) is 26.3 Å². The van der Waals surface area contributed by atoms with Crippen LogP contribution in [0.3, 0.4) is 0 Å². The minimum Gasteiger partial charge on any atom is -0.388 e. The zero-order valence-electron chi connectivity index (χ0n) is 22.7. The number of aromatic nitrogens is 3. The van der Waals surface area contributed by atoms with Crippen molar-refractivity contribution in [1.29, 1.82) is 0 Å². The minimum absolute atomic E-state index is 0.0446. The van der Waals surface area contributed by atoms with Gasteiger partial charge in [0.1, 0.15) is 24.4 Å². The molecule has 3 aliphatic heterocycles. The summed E-state index contributed by atoms with van der Waals surface area (Å²) in [6, 6.07) is 8.58. The monoisotopic (exact) mass is 571 g/mol. The van der Waals surface area contributed by atoms with Crippen molar-refractivity contribution in [3.05, 3.63) is 42.2 Å². The maximum Gasteiger partial charge on any atom is 0.243 e. The number of benzene rings is 1. The number of hydrogen-bond acceptors (Lipinski definition) is 10. The van der Waals surface area contributed by atoms with E-state index < -0.39 is 48.2 Å². The van der Waals surface area contributed by atoms with Crippen LogP contribution in [0.15, 0.2) is 36.5 Å². The molecule has 222 valence electrons. The molecular weight excluding hydrogens is 534 g/mol. The van der Waals surface area contributed by atoms with E-state index in [-0.39, 0.29) is 38.5 Å². The van der Waals surface area contributed by atoms with Gasteiger partial charge in [-0.05, 0) is 25.0 Å². The molecule has 41 heavy (non-hydrogen) atoms. The number of carbonyl (C=O) groups excluding carboxylic acids is 3. The van der Waals surface area contributed by atoms with E-state index in [0.29, 0.717) is 25.5 Å². The summed E-state index contributed by atoms with van der Waals surface area (Å²) in [6.07, 6.45) is -1.21. The van der Waals surface area contributed by atoms with E-state index in [9.17, 15) is 24.6 Å². The molecule has 14 nitrogen and oxygen atoms in total. The summed E-state index contributed by atoms with van der Waals surface area (Å²) < 4.78 is 12.7. The van der Waals surface area contributed by atoms with E-state index in [0.717, 1.165) is 18.5 Å². The fourth-order valence-corrected chi connectivity index (χ4v) is 5.32. The number of fused-ring (bicyclic) bond motifs is 2. The third-order valence-electron chi connectivity index (χ3n) is 7.66. The van der Waals surface area contributed by atoms with Crippen molar-refractivity contribution in [3.63, 3.8) is 0 Å². The molecule has 2 bridgehead atoms. The Kier molecular flexibility index (Phi) is 9.57. The summed E-state index contributed by atoms with van der Waals surface area (Å²) >= 11 is 0. The largest absolute Gasteiger partial charge is 0.388 e. The molecule has 3 saturated heterocycles. The number of ether oxygens (including phenoxy) is 2. The van der Waals surface area contributed by atoms with Crippen LogP contribution in [-0.4, -0.2) is 124 Å². The Morgan fingerprint density at radius 2 is 1.80 bits per heavy atom. The lowest BCUT2D eigenvalue weighted by atomic mass is 10.0. The van der Waals surface area contributed by atoms with Crippen molar-refractivity contribution in [3.8, 4) is 5.69 Å². The molecule has 3 aliphatic rings. The second-order valence-electron chi connectivity index (χ2n) is 10.6. The van der Waals surface area contributed by atoms with Crippen LogP contribution in [0.4, 0.5) is 0 Å². The van der Waals surface area contributed by atoms with Gasteiger partial charge in [-0.15, -0.1) is 5.10 Å². The van der Waals surface area contributed by atoms with Crippen LogP contribution in [0.1, 0.15) is 25.0 Å². The number of aliphatic hydroxyl groups is 2. The van der Waals surface area contributed by atoms with Gasteiger partial charge in [-0.2, -0.15) is 0 Å². The van der Waals surface area contributed by atoms with Gasteiger partial charge in [-0.1, -0.05) is 23.4 Å². The van der Waals surface area contributed by atoms with Crippen LogP contribution >= 0.6 is 0 Å². The molecule has 0 radical (unpaired) electrons. The highest BCUT2D eigenvalue weighted by Gasteiger charge is 2.44. The second-order valence-corrected chi connectivity index (χ2v) is 10.6. The molecule has 1 aromatic heterocycles. The molecule has 0 unspecified atom stereocenters. The quantitative estimate of drug-likeness (QED) is 0.247. The first kappa shape index (κ1) is 29.1. The highest BCUT2D eigenvalue weighted by atomic mass is 16.5. The number of nitrogens with zero attached hydrogens (tertiary/aromatic N) is 4. The molecule has 0 saturated carbocycles. The fourth-order valence-electron chi connectivity index (χ4n) is 5.32. The lowest BCUT2D eigenvalue weighted by Crippen LogP contribution is -2.53. The second kappa shape index (κ2) is 13.5. The predicted octanol–water partition coefficient (Wildman–Crippen LogP) is -2.10. The van der Waals surface area contributed by atoms with Crippen LogP contribution in [0, 0.1) is 0 Å². The fraction of sp³-hybridized carbons (Fsp3) is 0.593. The molecule has 2 aromatic rings. The van der Waals surface area contributed by atoms with Gasteiger partial charge in [-0.3, -0.25) is 14.4 Å². The lowest BCUT2D eigenvalue weighted by molar-refractivity contribution is -0.139. The number of aliphatic hydroxyl groups excluding tert-OH is 2. The summed E-state index contributed by atoms with van der Waals surface area (Å²) in [5.41, 5.74) is 1.26. The highest BCUT2D eigenvalue weighted by Crippen LogP contribution is 2.24. The first-order valence-corrected chi connectivity index (χ1v) is 14.0. The van der Waals surface area contributed by atoms with Gasteiger partial charge in [0.25, 0.3) is 0 Å². The molecule has 1 aromatic carbocycles. The molecule has 14 heteroatoms. The Morgan fingerprint density at radius 3 is 2.59 bits per heavy atom. The molecular formula is C27H37N7O7. The van der Waals surface area contributed by atoms with Crippen LogP contribution in [-0.2, 0) is 30.3 Å². The van der Waals surface area contributed by atoms with Crippen molar-refractivity contribution < 1.29 is 34.1 Å². The van der Waals surface area contributed by atoms with Crippen molar-refractivity contribution in [2.24, 2.45) is 0 Å². The van der Waals surface area contributed by atoms with Gasteiger partial charge in [0.05, 0.1) is 36.6 Å². The Hall–Kier alpha value is -3.43. The first-order valence-electron chi connectivity index (χ1n) is 14.0. The van der Waals surface area contributed by atoms with Crippen molar-refractivity contribution >= 4 is 17.7 Å². The Bertz CT molecular complexity index is 1190. The van der Waals surface area contributed by atoms with Crippen molar-refractivity contribution in [2.75, 3.05) is 39.4 Å². The van der Waals surface area contributed by atoms with E-state index in [4.69, 9.17) is 9.47 Å². The van der Waals surface area contributed by atoms with Crippen molar-refractivity contribution in [2.45, 2.75) is 62.2 Å².